The van der Waals surface area contributed by atoms with Crippen molar-refractivity contribution in [3.05, 3.63) is 0 Å². The summed E-state index contributed by atoms with van der Waals surface area (Å²) in [5, 5.41) is 8.35. The van der Waals surface area contributed by atoms with E-state index < -0.39 is 5.97 Å². The zero-order valence-electron chi connectivity index (χ0n) is 21.6. The highest BCUT2D eigenvalue weighted by Crippen LogP contribution is 2.13. The maximum Gasteiger partial charge on any atom is 0.303 e. The molecule has 0 rings (SSSR count). The maximum atomic E-state index is 10.1. The molecular weight excluding hydrogens is 382 g/mol. The van der Waals surface area contributed by atoms with E-state index in [0.29, 0.717) is 6.42 Å². The molecule has 0 saturated carbocycles. The van der Waals surface area contributed by atoms with Gasteiger partial charge in [0.15, 0.2) is 0 Å². The van der Waals surface area contributed by atoms with Gasteiger partial charge < -0.3 is 10.8 Å². The number of unbranched alkanes of at least 4 members (excludes halogenated alkanes) is 21. The van der Waals surface area contributed by atoms with Crippen molar-refractivity contribution in [1.82, 2.24) is 0 Å². The summed E-state index contributed by atoms with van der Waals surface area (Å²) in [6, 6.07) is 0. The van der Waals surface area contributed by atoms with E-state index in [1.54, 1.807) is 0 Å². The van der Waals surface area contributed by atoms with Crippen molar-refractivity contribution in [3.8, 4) is 0 Å². The first-order valence-electron chi connectivity index (χ1n) is 14.1. The van der Waals surface area contributed by atoms with Crippen LogP contribution in [0.25, 0.3) is 0 Å². The topological polar surface area (TPSA) is 63.3 Å². The van der Waals surface area contributed by atoms with Gasteiger partial charge in [0.2, 0.25) is 0 Å². The molecule has 0 atom stereocenters. The maximum absolute atomic E-state index is 10.1. The van der Waals surface area contributed by atoms with Crippen molar-refractivity contribution >= 4 is 5.97 Å². The Hall–Kier alpha value is -0.570. The molecule has 0 aromatic heterocycles. The lowest BCUT2D eigenvalue weighted by molar-refractivity contribution is -0.137. The zero-order chi connectivity index (χ0) is 23.3. The summed E-state index contributed by atoms with van der Waals surface area (Å²) in [4.78, 5) is 10.1. The molecular formula is C28H59NO2. The fraction of sp³-hybridized carbons (Fsp3) is 0.964. The largest absolute Gasteiger partial charge is 0.481 e. The van der Waals surface area contributed by atoms with Crippen LogP contribution < -0.4 is 5.73 Å². The molecule has 0 radical (unpaired) electrons. The summed E-state index contributed by atoms with van der Waals surface area (Å²) in [5.74, 6) is -0.663. The lowest BCUT2D eigenvalue weighted by Crippen LogP contribution is -1.97. The van der Waals surface area contributed by atoms with Gasteiger partial charge in [-0.25, -0.2) is 0 Å². The Morgan fingerprint density at radius 2 is 0.742 bits per heavy atom. The molecule has 31 heavy (non-hydrogen) atoms. The molecule has 0 heterocycles. The fourth-order valence-corrected chi connectivity index (χ4v) is 3.93. The predicted octanol–water partition coefficient (Wildman–Crippen LogP) is 9.42. The van der Waals surface area contributed by atoms with Crippen LogP contribution in [-0.2, 0) is 4.79 Å². The number of rotatable bonds is 24. The number of carboxylic acids is 1. The summed E-state index contributed by atoms with van der Waals surface area (Å²) < 4.78 is 0. The molecule has 0 amide bonds. The van der Waals surface area contributed by atoms with Crippen LogP contribution in [0.5, 0.6) is 0 Å². The van der Waals surface area contributed by atoms with Gasteiger partial charge in [-0.3, -0.25) is 4.79 Å². The van der Waals surface area contributed by atoms with E-state index in [0.717, 1.165) is 19.4 Å². The molecule has 0 spiro atoms. The molecule has 3 nitrogen and oxygen atoms in total. The number of carboxylic acid groups (broad SMARTS) is 1. The normalized spacial score (nSPS) is 10.7. The van der Waals surface area contributed by atoms with Crippen molar-refractivity contribution < 1.29 is 9.90 Å². The van der Waals surface area contributed by atoms with E-state index in [-0.39, 0.29) is 0 Å². The van der Waals surface area contributed by atoms with E-state index in [1.165, 1.54) is 135 Å². The molecule has 0 aliphatic rings. The number of nitrogens with two attached hydrogens (primary N) is 1. The van der Waals surface area contributed by atoms with E-state index in [1.807, 2.05) is 0 Å². The molecule has 3 heteroatoms. The van der Waals surface area contributed by atoms with Crippen LogP contribution in [-0.4, -0.2) is 17.6 Å². The van der Waals surface area contributed by atoms with Crippen molar-refractivity contribution in [2.24, 2.45) is 5.73 Å². The SMILES string of the molecule is CCCCCCCCCC(=O)O.CCCCCCCCCCCCCCCCCCN. The van der Waals surface area contributed by atoms with Crippen LogP contribution in [0.1, 0.15) is 168 Å². The van der Waals surface area contributed by atoms with E-state index in [2.05, 4.69) is 13.8 Å². The molecule has 3 N–H and O–H groups in total. The quantitative estimate of drug-likeness (QED) is 0.147. The summed E-state index contributed by atoms with van der Waals surface area (Å²) in [7, 11) is 0. The van der Waals surface area contributed by atoms with Gasteiger partial charge in [0.05, 0.1) is 0 Å². The number of carbonyl (C=O) groups is 1. The lowest BCUT2D eigenvalue weighted by atomic mass is 10.0. The highest BCUT2D eigenvalue weighted by molar-refractivity contribution is 5.66. The van der Waals surface area contributed by atoms with E-state index in [4.69, 9.17) is 10.8 Å². The minimum atomic E-state index is -0.663. The average molecular weight is 442 g/mol. The second-order valence-electron chi connectivity index (χ2n) is 9.36. The lowest BCUT2D eigenvalue weighted by Gasteiger charge is -2.03. The van der Waals surface area contributed by atoms with Gasteiger partial charge in [-0.1, -0.05) is 149 Å². The smallest absolute Gasteiger partial charge is 0.303 e. The summed E-state index contributed by atoms with van der Waals surface area (Å²) in [6.45, 7) is 5.36. The Morgan fingerprint density at radius 3 is 1.00 bits per heavy atom. The van der Waals surface area contributed by atoms with Crippen LogP contribution in [0.15, 0.2) is 0 Å². The van der Waals surface area contributed by atoms with Crippen LogP contribution in [0.2, 0.25) is 0 Å². The molecule has 0 fully saturated rings. The number of aliphatic carboxylic acids is 1. The fourth-order valence-electron chi connectivity index (χ4n) is 3.93. The monoisotopic (exact) mass is 441 g/mol. The van der Waals surface area contributed by atoms with Gasteiger partial charge in [-0.15, -0.1) is 0 Å². The first-order valence-corrected chi connectivity index (χ1v) is 14.1. The highest BCUT2D eigenvalue weighted by atomic mass is 16.4. The Bertz CT molecular complexity index is 304. The molecule has 0 aromatic carbocycles. The number of hydrogen-bond donors (Lipinski definition) is 2. The Kier molecular flexibility index (Phi) is 33.3. The van der Waals surface area contributed by atoms with Gasteiger partial charge in [0.25, 0.3) is 0 Å². The third-order valence-electron chi connectivity index (χ3n) is 6.05. The summed E-state index contributed by atoms with van der Waals surface area (Å²) in [6.07, 6.45) is 31.5. The first kappa shape index (κ1) is 32.6. The van der Waals surface area contributed by atoms with Gasteiger partial charge >= 0.3 is 5.97 Å². The molecule has 188 valence electrons. The molecule has 0 saturated heterocycles. The van der Waals surface area contributed by atoms with Crippen molar-refractivity contribution in [2.45, 2.75) is 168 Å². The van der Waals surface area contributed by atoms with E-state index in [9.17, 15) is 4.79 Å². The highest BCUT2D eigenvalue weighted by Gasteiger charge is 1.96. The minimum Gasteiger partial charge on any atom is -0.481 e. The first-order chi connectivity index (χ1) is 15.2. The average Bonchev–Trinajstić information content (AvgIpc) is 2.76. The van der Waals surface area contributed by atoms with Gasteiger partial charge in [0, 0.05) is 6.42 Å². The van der Waals surface area contributed by atoms with Crippen LogP contribution in [0.4, 0.5) is 0 Å². The molecule has 0 unspecified atom stereocenters. The number of hydrogen-bond acceptors (Lipinski definition) is 2. The molecule has 0 aliphatic heterocycles. The predicted molar refractivity (Wildman–Crippen MR) is 139 cm³/mol. The molecule has 0 bridgehead atoms. The minimum absolute atomic E-state index is 0.341. The van der Waals surface area contributed by atoms with Crippen LogP contribution in [0, 0.1) is 0 Å². The summed E-state index contributed by atoms with van der Waals surface area (Å²) >= 11 is 0. The second-order valence-corrected chi connectivity index (χ2v) is 9.36. The van der Waals surface area contributed by atoms with Crippen molar-refractivity contribution in [1.29, 1.82) is 0 Å². The standard InChI is InChI=1S/C18H39N.C10H20O2/c1-2-3-4-5-6-7-8-9-10-11-12-13-14-15-16-17-18-19;1-2-3-4-5-6-7-8-9-10(11)12/h2-19H2,1H3;2-9H2,1H3,(H,11,12). The Balaban J connectivity index is 0. The van der Waals surface area contributed by atoms with Crippen LogP contribution >= 0.6 is 0 Å². The Morgan fingerprint density at radius 1 is 0.484 bits per heavy atom. The van der Waals surface area contributed by atoms with Gasteiger partial charge in [-0.2, -0.15) is 0 Å². The Labute approximate surface area is 196 Å². The zero-order valence-corrected chi connectivity index (χ0v) is 21.6. The van der Waals surface area contributed by atoms with Crippen molar-refractivity contribution in [2.75, 3.05) is 6.54 Å². The van der Waals surface area contributed by atoms with Gasteiger partial charge in [0.1, 0.15) is 0 Å². The van der Waals surface area contributed by atoms with Crippen LogP contribution in [0.3, 0.4) is 0 Å². The van der Waals surface area contributed by atoms with E-state index >= 15 is 0 Å². The molecule has 0 aromatic rings. The van der Waals surface area contributed by atoms with Gasteiger partial charge in [-0.05, 0) is 19.4 Å². The molecule has 0 aliphatic carbocycles. The second kappa shape index (κ2) is 31.6. The van der Waals surface area contributed by atoms with Crippen molar-refractivity contribution in [3.63, 3.8) is 0 Å². The third kappa shape index (κ3) is 37.1. The summed E-state index contributed by atoms with van der Waals surface area (Å²) in [5.41, 5.74) is 5.48. The third-order valence-corrected chi connectivity index (χ3v) is 6.05.